The predicted octanol–water partition coefficient (Wildman–Crippen LogP) is 4.43. The van der Waals surface area contributed by atoms with Crippen LogP contribution in [0.15, 0.2) is 24.3 Å². The maximum Gasteiger partial charge on any atom is 0.443 e. The van der Waals surface area contributed by atoms with E-state index in [0.717, 1.165) is 0 Å². The summed E-state index contributed by atoms with van der Waals surface area (Å²) in [5, 5.41) is 6.87. The number of ether oxygens (including phenoxy) is 1. The zero-order valence-electron chi connectivity index (χ0n) is 11.0. The summed E-state index contributed by atoms with van der Waals surface area (Å²) in [6, 6.07) is 6.28. The number of hydrogen-bond acceptors (Lipinski definition) is 5. The molecule has 0 bridgehead atoms. The van der Waals surface area contributed by atoms with Gasteiger partial charge < -0.3 is 4.74 Å². The zero-order chi connectivity index (χ0) is 15.9. The Bertz CT molecular complexity index is 833. The third kappa shape index (κ3) is 2.59. The van der Waals surface area contributed by atoms with Gasteiger partial charge in [-0.1, -0.05) is 11.6 Å². The van der Waals surface area contributed by atoms with Crippen LogP contribution in [0.4, 0.5) is 13.2 Å². The van der Waals surface area contributed by atoms with Gasteiger partial charge in [-0.15, -0.1) is 21.5 Å². The maximum atomic E-state index is 12.9. The molecule has 2 heterocycles. The maximum absolute atomic E-state index is 12.9. The first-order chi connectivity index (χ1) is 10.4. The van der Waals surface area contributed by atoms with Crippen molar-refractivity contribution in [3.8, 4) is 17.0 Å². The number of rotatable bonds is 2. The highest BCUT2D eigenvalue weighted by molar-refractivity contribution is 7.19. The summed E-state index contributed by atoms with van der Waals surface area (Å²) in [5.74, 6) is 0.271. The molecule has 3 aromatic rings. The van der Waals surface area contributed by atoms with Crippen LogP contribution in [0.2, 0.25) is 5.15 Å². The van der Waals surface area contributed by atoms with Gasteiger partial charge in [-0.05, 0) is 24.3 Å². The van der Waals surface area contributed by atoms with Crippen molar-refractivity contribution in [3.63, 3.8) is 0 Å². The van der Waals surface area contributed by atoms with Gasteiger partial charge in [0.1, 0.15) is 11.3 Å². The van der Waals surface area contributed by atoms with E-state index in [1.807, 2.05) is 0 Å². The highest BCUT2D eigenvalue weighted by atomic mass is 35.5. The average Bonchev–Trinajstić information content (AvgIpc) is 2.92. The third-order valence-corrected chi connectivity index (χ3v) is 4.21. The van der Waals surface area contributed by atoms with Gasteiger partial charge in [-0.3, -0.25) is 0 Å². The monoisotopic (exact) mass is 345 g/mol. The molecule has 0 saturated heterocycles. The smallest absolute Gasteiger partial charge is 0.443 e. The normalized spacial score (nSPS) is 11.9. The highest BCUT2D eigenvalue weighted by Crippen LogP contribution is 2.42. The van der Waals surface area contributed by atoms with Crippen molar-refractivity contribution in [2.24, 2.45) is 0 Å². The molecule has 3 rings (SSSR count). The number of alkyl halides is 3. The van der Waals surface area contributed by atoms with Crippen LogP contribution in [0, 0.1) is 0 Å². The lowest BCUT2D eigenvalue weighted by Crippen LogP contribution is -2.03. The standard InChI is InChI=1S/C13H7ClF3N3OS/c1-21-8-4-2-6(7-3-5-9(14)20-19-7)11-10(8)18-12(22-11)13(15,16)17/h2-5H,1H3. The predicted molar refractivity (Wildman–Crippen MR) is 77.2 cm³/mol. The van der Waals surface area contributed by atoms with Crippen molar-refractivity contribution in [1.82, 2.24) is 15.2 Å². The van der Waals surface area contributed by atoms with E-state index in [0.29, 0.717) is 27.3 Å². The molecule has 0 spiro atoms. The van der Waals surface area contributed by atoms with Gasteiger partial charge in [0.25, 0.3) is 0 Å². The van der Waals surface area contributed by atoms with Crippen molar-refractivity contribution in [2.75, 3.05) is 7.11 Å². The van der Waals surface area contributed by atoms with E-state index < -0.39 is 11.2 Å². The van der Waals surface area contributed by atoms with E-state index in [1.54, 1.807) is 18.2 Å². The van der Waals surface area contributed by atoms with Crippen molar-refractivity contribution in [2.45, 2.75) is 6.18 Å². The Morgan fingerprint density at radius 3 is 2.50 bits per heavy atom. The summed E-state index contributed by atoms with van der Waals surface area (Å²) in [4.78, 5) is 3.65. The highest BCUT2D eigenvalue weighted by Gasteiger charge is 2.36. The van der Waals surface area contributed by atoms with Crippen LogP contribution in [-0.2, 0) is 6.18 Å². The van der Waals surface area contributed by atoms with Crippen molar-refractivity contribution in [3.05, 3.63) is 34.4 Å². The quantitative estimate of drug-likeness (QED) is 0.689. The van der Waals surface area contributed by atoms with Gasteiger partial charge >= 0.3 is 6.18 Å². The second-order valence-electron chi connectivity index (χ2n) is 4.25. The molecule has 22 heavy (non-hydrogen) atoms. The second-order valence-corrected chi connectivity index (χ2v) is 5.64. The van der Waals surface area contributed by atoms with Gasteiger partial charge in [0, 0.05) is 5.56 Å². The van der Waals surface area contributed by atoms with Crippen LogP contribution in [0.1, 0.15) is 5.01 Å². The van der Waals surface area contributed by atoms with Gasteiger partial charge in [-0.25, -0.2) is 4.98 Å². The van der Waals surface area contributed by atoms with Gasteiger partial charge in [0.2, 0.25) is 0 Å². The Morgan fingerprint density at radius 1 is 1.14 bits per heavy atom. The summed E-state index contributed by atoms with van der Waals surface area (Å²) in [6.07, 6.45) is -4.52. The summed E-state index contributed by atoms with van der Waals surface area (Å²) in [5.41, 5.74) is 1.05. The van der Waals surface area contributed by atoms with Crippen molar-refractivity contribution >= 4 is 33.2 Å². The molecule has 0 N–H and O–H groups in total. The van der Waals surface area contributed by atoms with Crippen LogP contribution in [0.5, 0.6) is 5.75 Å². The van der Waals surface area contributed by atoms with Gasteiger partial charge in [-0.2, -0.15) is 13.2 Å². The molecule has 0 unspecified atom stereocenters. The van der Waals surface area contributed by atoms with Crippen LogP contribution in [0.3, 0.4) is 0 Å². The summed E-state index contributed by atoms with van der Waals surface area (Å²) in [6.45, 7) is 0. The molecule has 0 aliphatic heterocycles. The number of halogens is 4. The number of benzene rings is 1. The van der Waals surface area contributed by atoms with E-state index in [-0.39, 0.29) is 16.4 Å². The molecule has 9 heteroatoms. The molecule has 0 aliphatic carbocycles. The number of thiazole rings is 1. The molecular weight excluding hydrogens is 339 g/mol. The Morgan fingerprint density at radius 2 is 1.91 bits per heavy atom. The van der Waals surface area contributed by atoms with Gasteiger partial charge in [0.05, 0.1) is 17.5 Å². The fourth-order valence-electron chi connectivity index (χ4n) is 1.93. The average molecular weight is 346 g/mol. The lowest BCUT2D eigenvalue weighted by atomic mass is 10.1. The Balaban J connectivity index is 2.27. The van der Waals surface area contributed by atoms with E-state index in [9.17, 15) is 13.2 Å². The number of hydrogen-bond donors (Lipinski definition) is 0. The SMILES string of the molecule is COc1ccc(-c2ccc(Cl)nn2)c2sc(C(F)(F)F)nc12. The Kier molecular flexibility index (Phi) is 3.65. The molecule has 0 amide bonds. The summed E-state index contributed by atoms with van der Waals surface area (Å²) >= 11 is 6.22. The van der Waals surface area contributed by atoms with Crippen LogP contribution in [0.25, 0.3) is 21.5 Å². The largest absolute Gasteiger partial charge is 0.494 e. The van der Waals surface area contributed by atoms with E-state index >= 15 is 0 Å². The topological polar surface area (TPSA) is 47.9 Å². The molecule has 0 aliphatic rings. The van der Waals surface area contributed by atoms with E-state index in [2.05, 4.69) is 15.2 Å². The first-order valence-electron chi connectivity index (χ1n) is 5.94. The number of aromatic nitrogens is 3. The zero-order valence-corrected chi connectivity index (χ0v) is 12.6. The van der Waals surface area contributed by atoms with Crippen LogP contribution in [-0.4, -0.2) is 22.3 Å². The molecule has 2 aromatic heterocycles. The van der Waals surface area contributed by atoms with Gasteiger partial charge in [0.15, 0.2) is 10.2 Å². The molecule has 0 radical (unpaired) electrons. The molecular formula is C13H7ClF3N3OS. The van der Waals surface area contributed by atoms with Crippen molar-refractivity contribution in [1.29, 1.82) is 0 Å². The molecule has 0 atom stereocenters. The molecule has 1 aromatic carbocycles. The fourth-order valence-corrected chi connectivity index (χ4v) is 3.00. The first kappa shape index (κ1) is 15.0. The lowest BCUT2D eigenvalue weighted by molar-refractivity contribution is -0.137. The number of methoxy groups -OCH3 is 1. The minimum absolute atomic E-state index is 0.147. The Hall–Kier alpha value is -1.93. The van der Waals surface area contributed by atoms with E-state index in [1.165, 1.54) is 13.2 Å². The fraction of sp³-hybridized carbons (Fsp3) is 0.154. The molecule has 4 nitrogen and oxygen atoms in total. The number of nitrogens with zero attached hydrogens (tertiary/aromatic N) is 3. The summed E-state index contributed by atoms with van der Waals surface area (Å²) in [7, 11) is 1.38. The van der Waals surface area contributed by atoms with Crippen LogP contribution < -0.4 is 4.74 Å². The lowest BCUT2D eigenvalue weighted by Gasteiger charge is -2.05. The molecule has 0 fully saturated rings. The third-order valence-electron chi connectivity index (χ3n) is 2.88. The number of fused-ring (bicyclic) bond motifs is 1. The summed E-state index contributed by atoms with van der Waals surface area (Å²) < 4.78 is 44.2. The van der Waals surface area contributed by atoms with Crippen LogP contribution >= 0.6 is 22.9 Å². The van der Waals surface area contributed by atoms with Crippen molar-refractivity contribution < 1.29 is 17.9 Å². The second kappa shape index (κ2) is 5.36. The minimum atomic E-state index is -4.52. The molecule has 0 saturated carbocycles. The molecule has 114 valence electrons. The van der Waals surface area contributed by atoms with E-state index in [4.69, 9.17) is 16.3 Å². The Labute approximate surface area is 131 Å². The minimum Gasteiger partial charge on any atom is -0.494 e. The first-order valence-corrected chi connectivity index (χ1v) is 7.14.